The van der Waals surface area contributed by atoms with E-state index in [0.717, 1.165) is 25.8 Å². The average molecular weight is 282 g/mol. The van der Waals surface area contributed by atoms with E-state index < -0.39 is 11.4 Å². The summed E-state index contributed by atoms with van der Waals surface area (Å²) in [5.41, 5.74) is -0.730. The summed E-state index contributed by atoms with van der Waals surface area (Å²) in [6.45, 7) is 5.99. The first kappa shape index (κ1) is 15.3. The molecule has 0 bridgehead atoms. The van der Waals surface area contributed by atoms with Crippen LogP contribution in [0.3, 0.4) is 0 Å². The number of hydrogen-bond donors (Lipinski definition) is 2. The van der Waals surface area contributed by atoms with Crippen LogP contribution in [0.5, 0.6) is 0 Å². The van der Waals surface area contributed by atoms with Crippen LogP contribution >= 0.6 is 0 Å². The molecule has 5 heteroatoms. The Bertz CT molecular complexity index is 385. The Morgan fingerprint density at radius 1 is 1.45 bits per heavy atom. The van der Waals surface area contributed by atoms with E-state index in [2.05, 4.69) is 12.2 Å². The lowest BCUT2D eigenvalue weighted by atomic mass is 9.77. The average Bonchev–Trinajstić information content (AvgIpc) is 2.46. The number of carboxylic acid groups (broad SMARTS) is 1. The molecule has 0 aromatic rings. The molecule has 114 valence electrons. The molecule has 5 nitrogen and oxygen atoms in total. The van der Waals surface area contributed by atoms with Gasteiger partial charge in [0.25, 0.3) is 0 Å². The highest BCUT2D eigenvalue weighted by Crippen LogP contribution is 2.35. The predicted molar refractivity (Wildman–Crippen MR) is 76.4 cm³/mol. The standard InChI is InChI=1S/C15H26N2O3/c1-3-15(14(19)20)6-4-8-17(10-15)13(18)12-5-7-16-11(2)9-12/h11-12,16H,3-10H2,1-2H3,(H,19,20). The van der Waals surface area contributed by atoms with Crippen molar-refractivity contribution in [3.63, 3.8) is 0 Å². The van der Waals surface area contributed by atoms with Crippen molar-refractivity contribution in [1.82, 2.24) is 10.2 Å². The minimum Gasteiger partial charge on any atom is -0.481 e. The maximum absolute atomic E-state index is 12.6. The van der Waals surface area contributed by atoms with E-state index >= 15 is 0 Å². The molecule has 2 aliphatic heterocycles. The smallest absolute Gasteiger partial charge is 0.311 e. The zero-order chi connectivity index (χ0) is 14.8. The largest absolute Gasteiger partial charge is 0.481 e. The number of carbonyl (C=O) groups is 2. The van der Waals surface area contributed by atoms with E-state index in [1.54, 1.807) is 0 Å². The summed E-state index contributed by atoms with van der Waals surface area (Å²) in [7, 11) is 0. The van der Waals surface area contributed by atoms with E-state index in [-0.39, 0.29) is 11.8 Å². The Kier molecular flexibility index (Phi) is 4.68. The molecule has 0 aromatic carbocycles. The first-order chi connectivity index (χ1) is 9.48. The summed E-state index contributed by atoms with van der Waals surface area (Å²) in [6, 6.07) is 0.373. The van der Waals surface area contributed by atoms with Gasteiger partial charge in [0.2, 0.25) is 5.91 Å². The highest BCUT2D eigenvalue weighted by molar-refractivity contribution is 5.81. The Balaban J connectivity index is 2.04. The van der Waals surface area contributed by atoms with Gasteiger partial charge < -0.3 is 15.3 Å². The van der Waals surface area contributed by atoms with E-state index in [4.69, 9.17) is 0 Å². The van der Waals surface area contributed by atoms with Crippen molar-refractivity contribution >= 4 is 11.9 Å². The van der Waals surface area contributed by atoms with Crippen molar-refractivity contribution in [1.29, 1.82) is 0 Å². The normalized spacial score (nSPS) is 34.8. The number of amides is 1. The molecule has 0 aromatic heterocycles. The molecule has 2 aliphatic rings. The summed E-state index contributed by atoms with van der Waals surface area (Å²) >= 11 is 0. The van der Waals surface area contributed by atoms with Gasteiger partial charge in [-0.2, -0.15) is 0 Å². The van der Waals surface area contributed by atoms with Crippen LogP contribution in [-0.2, 0) is 9.59 Å². The monoisotopic (exact) mass is 282 g/mol. The van der Waals surface area contributed by atoms with Gasteiger partial charge >= 0.3 is 5.97 Å². The number of hydrogen-bond acceptors (Lipinski definition) is 3. The van der Waals surface area contributed by atoms with Crippen LogP contribution in [0.4, 0.5) is 0 Å². The molecule has 2 rings (SSSR count). The molecule has 0 saturated carbocycles. The van der Waals surface area contributed by atoms with Gasteiger partial charge in [-0.1, -0.05) is 6.92 Å². The van der Waals surface area contributed by atoms with E-state index in [0.29, 0.717) is 32.0 Å². The maximum atomic E-state index is 12.6. The quantitative estimate of drug-likeness (QED) is 0.822. The number of piperidine rings is 2. The first-order valence-electron chi connectivity index (χ1n) is 7.74. The fraction of sp³-hybridized carbons (Fsp3) is 0.867. The van der Waals surface area contributed by atoms with Gasteiger partial charge in [-0.15, -0.1) is 0 Å². The Morgan fingerprint density at radius 2 is 2.20 bits per heavy atom. The van der Waals surface area contributed by atoms with Crippen LogP contribution in [0.1, 0.15) is 46.0 Å². The van der Waals surface area contributed by atoms with Crippen LogP contribution in [-0.4, -0.2) is 47.6 Å². The predicted octanol–water partition coefficient (Wildman–Crippen LogP) is 1.48. The zero-order valence-electron chi connectivity index (χ0n) is 12.5. The second kappa shape index (κ2) is 6.12. The lowest BCUT2D eigenvalue weighted by molar-refractivity contribution is -0.156. The van der Waals surface area contributed by atoms with Crippen molar-refractivity contribution in [2.45, 2.75) is 52.0 Å². The van der Waals surface area contributed by atoms with Crippen LogP contribution in [0.15, 0.2) is 0 Å². The topological polar surface area (TPSA) is 69.6 Å². The highest BCUT2D eigenvalue weighted by atomic mass is 16.4. The molecule has 1 amide bonds. The van der Waals surface area contributed by atoms with Crippen LogP contribution in [0.25, 0.3) is 0 Å². The van der Waals surface area contributed by atoms with Gasteiger partial charge in [0.15, 0.2) is 0 Å². The summed E-state index contributed by atoms with van der Waals surface area (Å²) in [5, 5.41) is 12.8. The lowest BCUT2D eigenvalue weighted by Crippen LogP contribution is -2.52. The number of rotatable bonds is 3. The van der Waals surface area contributed by atoms with Crippen molar-refractivity contribution in [2.75, 3.05) is 19.6 Å². The van der Waals surface area contributed by atoms with Crippen molar-refractivity contribution < 1.29 is 14.7 Å². The molecule has 20 heavy (non-hydrogen) atoms. The molecule has 2 heterocycles. The number of carboxylic acids is 1. The molecule has 2 saturated heterocycles. The summed E-state index contributed by atoms with van der Waals surface area (Å²) in [5.74, 6) is -0.527. The molecule has 3 atom stereocenters. The summed E-state index contributed by atoms with van der Waals surface area (Å²) < 4.78 is 0. The Morgan fingerprint density at radius 3 is 2.80 bits per heavy atom. The number of nitrogens with one attached hydrogen (secondary N) is 1. The van der Waals surface area contributed by atoms with Gasteiger partial charge in [-0.25, -0.2) is 0 Å². The number of carbonyl (C=O) groups excluding carboxylic acids is 1. The summed E-state index contributed by atoms with van der Waals surface area (Å²) in [4.78, 5) is 26.0. The summed E-state index contributed by atoms with van der Waals surface area (Å²) in [6.07, 6.45) is 3.81. The Hall–Kier alpha value is -1.10. The minimum absolute atomic E-state index is 0.0627. The van der Waals surface area contributed by atoms with Crippen LogP contribution in [0.2, 0.25) is 0 Å². The minimum atomic E-state index is -0.754. The van der Waals surface area contributed by atoms with E-state index in [1.165, 1.54) is 0 Å². The zero-order valence-corrected chi connectivity index (χ0v) is 12.5. The van der Waals surface area contributed by atoms with Crippen molar-refractivity contribution in [3.8, 4) is 0 Å². The fourth-order valence-corrected chi connectivity index (χ4v) is 3.55. The molecular formula is C15H26N2O3. The third-order valence-electron chi connectivity index (χ3n) is 4.99. The second-order valence-corrected chi connectivity index (χ2v) is 6.38. The van der Waals surface area contributed by atoms with Gasteiger partial charge in [0, 0.05) is 25.0 Å². The van der Waals surface area contributed by atoms with Crippen molar-refractivity contribution in [3.05, 3.63) is 0 Å². The number of aliphatic carboxylic acids is 1. The first-order valence-corrected chi connectivity index (χ1v) is 7.74. The third-order valence-corrected chi connectivity index (χ3v) is 4.99. The number of nitrogens with zero attached hydrogens (tertiary/aromatic N) is 1. The third kappa shape index (κ3) is 2.97. The molecule has 0 spiro atoms. The van der Waals surface area contributed by atoms with Gasteiger partial charge in [0.05, 0.1) is 5.41 Å². The van der Waals surface area contributed by atoms with Crippen molar-refractivity contribution in [2.24, 2.45) is 11.3 Å². The molecule has 3 unspecified atom stereocenters. The molecule has 2 N–H and O–H groups in total. The molecular weight excluding hydrogens is 256 g/mol. The highest BCUT2D eigenvalue weighted by Gasteiger charge is 2.43. The Labute approximate surface area is 120 Å². The number of likely N-dealkylation sites (tertiary alicyclic amines) is 1. The van der Waals surface area contributed by atoms with E-state index in [1.807, 2.05) is 11.8 Å². The van der Waals surface area contributed by atoms with Crippen LogP contribution in [0, 0.1) is 11.3 Å². The molecule has 0 aliphatic carbocycles. The fourth-order valence-electron chi connectivity index (χ4n) is 3.55. The van der Waals surface area contributed by atoms with Gasteiger partial charge in [-0.3, -0.25) is 9.59 Å². The van der Waals surface area contributed by atoms with Gasteiger partial charge in [-0.05, 0) is 45.6 Å². The maximum Gasteiger partial charge on any atom is 0.311 e. The molecule has 0 radical (unpaired) electrons. The second-order valence-electron chi connectivity index (χ2n) is 6.38. The molecule has 2 fully saturated rings. The SMILES string of the molecule is CCC1(C(=O)O)CCCN(C(=O)C2CCNC(C)C2)C1. The van der Waals surface area contributed by atoms with Crippen LogP contribution < -0.4 is 5.32 Å². The lowest BCUT2D eigenvalue weighted by Gasteiger charge is -2.41. The van der Waals surface area contributed by atoms with E-state index in [9.17, 15) is 14.7 Å². The van der Waals surface area contributed by atoms with Gasteiger partial charge in [0.1, 0.15) is 0 Å².